The van der Waals surface area contributed by atoms with Crippen molar-refractivity contribution in [1.82, 2.24) is 9.80 Å². The Bertz CT molecular complexity index is 426. The molecule has 1 aliphatic carbocycles. The standard InChI is InChI=1S/C17H30N4O/c1-13(2)20-6-8-21(9-7-20)17-12-18-16(11-19-17)14-4-3-5-15(22)10-14/h12-16,22H,3-11H2,1-2H3. The molecule has 2 heterocycles. The van der Waals surface area contributed by atoms with E-state index >= 15 is 0 Å². The zero-order valence-electron chi connectivity index (χ0n) is 14.0. The molecule has 2 aliphatic heterocycles. The van der Waals surface area contributed by atoms with Gasteiger partial charge in [-0.2, -0.15) is 0 Å². The Morgan fingerprint density at radius 2 is 1.95 bits per heavy atom. The molecule has 0 aromatic rings. The molecule has 22 heavy (non-hydrogen) atoms. The number of amidine groups is 1. The predicted molar refractivity (Wildman–Crippen MR) is 90.8 cm³/mol. The average molecular weight is 306 g/mol. The van der Waals surface area contributed by atoms with Crippen LogP contribution in [0.3, 0.4) is 0 Å². The molecule has 0 spiro atoms. The third-order valence-corrected chi connectivity index (χ3v) is 5.42. The van der Waals surface area contributed by atoms with Gasteiger partial charge in [-0.1, -0.05) is 6.42 Å². The summed E-state index contributed by atoms with van der Waals surface area (Å²) in [7, 11) is 0. The minimum absolute atomic E-state index is 0.122. The molecule has 3 aliphatic rings. The van der Waals surface area contributed by atoms with Crippen LogP contribution in [0.5, 0.6) is 0 Å². The van der Waals surface area contributed by atoms with E-state index in [9.17, 15) is 5.11 Å². The van der Waals surface area contributed by atoms with Gasteiger partial charge in [0.1, 0.15) is 5.84 Å². The zero-order chi connectivity index (χ0) is 15.5. The molecule has 1 saturated carbocycles. The second-order valence-electron chi connectivity index (χ2n) is 7.24. The van der Waals surface area contributed by atoms with E-state index in [1.165, 1.54) is 6.42 Å². The molecule has 1 saturated heterocycles. The Hall–Kier alpha value is -0.940. The summed E-state index contributed by atoms with van der Waals surface area (Å²) >= 11 is 0. The summed E-state index contributed by atoms with van der Waals surface area (Å²) in [6.07, 6.45) is 6.05. The zero-order valence-corrected chi connectivity index (χ0v) is 14.0. The van der Waals surface area contributed by atoms with Gasteiger partial charge in [0.2, 0.25) is 0 Å². The topological polar surface area (TPSA) is 51.4 Å². The molecule has 0 aromatic carbocycles. The Morgan fingerprint density at radius 1 is 1.18 bits per heavy atom. The third kappa shape index (κ3) is 3.69. The van der Waals surface area contributed by atoms with E-state index in [0.29, 0.717) is 12.0 Å². The minimum Gasteiger partial charge on any atom is -0.393 e. The van der Waals surface area contributed by atoms with Gasteiger partial charge in [0.05, 0.1) is 24.9 Å². The van der Waals surface area contributed by atoms with Crippen LogP contribution in [-0.2, 0) is 0 Å². The lowest BCUT2D eigenvalue weighted by atomic mass is 9.82. The molecule has 0 bridgehead atoms. The maximum Gasteiger partial charge on any atom is 0.142 e. The van der Waals surface area contributed by atoms with E-state index in [1.807, 2.05) is 6.21 Å². The first kappa shape index (κ1) is 15.9. The SMILES string of the molecule is CC(C)N1CCN(C2=NCC(C3CCCC(O)C3)N=C2)CC1. The number of piperazine rings is 1. The van der Waals surface area contributed by atoms with Crippen LogP contribution in [-0.4, -0.2) is 77.9 Å². The summed E-state index contributed by atoms with van der Waals surface area (Å²) in [5.74, 6) is 1.58. The molecular formula is C17H30N4O. The van der Waals surface area contributed by atoms with Crippen molar-refractivity contribution in [2.75, 3.05) is 32.7 Å². The first-order valence-electron chi connectivity index (χ1n) is 8.88. The average Bonchev–Trinajstić information content (AvgIpc) is 2.55. The highest BCUT2D eigenvalue weighted by Gasteiger charge is 2.29. The van der Waals surface area contributed by atoms with Gasteiger partial charge in [0, 0.05) is 32.2 Å². The lowest BCUT2D eigenvalue weighted by molar-refractivity contribution is 0.0934. The van der Waals surface area contributed by atoms with E-state index < -0.39 is 0 Å². The predicted octanol–water partition coefficient (Wildman–Crippen LogP) is 1.41. The van der Waals surface area contributed by atoms with Crippen LogP contribution in [0, 0.1) is 5.92 Å². The van der Waals surface area contributed by atoms with Gasteiger partial charge in [-0.3, -0.25) is 14.9 Å². The first-order valence-corrected chi connectivity index (χ1v) is 8.88. The first-order chi connectivity index (χ1) is 10.6. The highest BCUT2D eigenvalue weighted by Crippen LogP contribution is 2.29. The van der Waals surface area contributed by atoms with Gasteiger partial charge in [-0.25, -0.2) is 0 Å². The quantitative estimate of drug-likeness (QED) is 0.839. The number of nitrogens with zero attached hydrogens (tertiary/aromatic N) is 4. The van der Waals surface area contributed by atoms with Crippen molar-refractivity contribution in [3.8, 4) is 0 Å². The van der Waals surface area contributed by atoms with Crippen molar-refractivity contribution in [3.05, 3.63) is 0 Å². The summed E-state index contributed by atoms with van der Waals surface area (Å²) in [4.78, 5) is 14.5. The smallest absolute Gasteiger partial charge is 0.142 e. The van der Waals surface area contributed by atoms with E-state index in [4.69, 9.17) is 9.98 Å². The minimum atomic E-state index is -0.122. The van der Waals surface area contributed by atoms with Crippen molar-refractivity contribution in [2.45, 2.75) is 57.7 Å². The summed E-state index contributed by atoms with van der Waals surface area (Å²) in [5, 5.41) is 9.84. The van der Waals surface area contributed by atoms with Crippen molar-refractivity contribution < 1.29 is 5.11 Å². The Morgan fingerprint density at radius 3 is 2.55 bits per heavy atom. The van der Waals surface area contributed by atoms with Gasteiger partial charge in [0.15, 0.2) is 0 Å². The Balaban J connectivity index is 1.51. The monoisotopic (exact) mass is 306 g/mol. The van der Waals surface area contributed by atoms with Crippen LogP contribution >= 0.6 is 0 Å². The molecule has 3 rings (SSSR count). The highest BCUT2D eigenvalue weighted by atomic mass is 16.3. The van der Waals surface area contributed by atoms with Crippen molar-refractivity contribution in [3.63, 3.8) is 0 Å². The van der Waals surface area contributed by atoms with Gasteiger partial charge >= 0.3 is 0 Å². The highest BCUT2D eigenvalue weighted by molar-refractivity contribution is 6.29. The second-order valence-corrected chi connectivity index (χ2v) is 7.24. The molecule has 124 valence electrons. The van der Waals surface area contributed by atoms with Crippen molar-refractivity contribution in [1.29, 1.82) is 0 Å². The molecule has 3 atom stereocenters. The van der Waals surface area contributed by atoms with Crippen LogP contribution in [0.4, 0.5) is 0 Å². The number of aliphatic hydroxyl groups excluding tert-OH is 1. The third-order valence-electron chi connectivity index (χ3n) is 5.42. The fourth-order valence-corrected chi connectivity index (χ4v) is 3.91. The van der Waals surface area contributed by atoms with Gasteiger partial charge in [0.25, 0.3) is 0 Å². The molecule has 5 nitrogen and oxygen atoms in total. The largest absolute Gasteiger partial charge is 0.393 e. The van der Waals surface area contributed by atoms with Crippen LogP contribution in [0.15, 0.2) is 9.98 Å². The molecule has 1 N–H and O–H groups in total. The number of hydrogen-bond acceptors (Lipinski definition) is 5. The van der Waals surface area contributed by atoms with Gasteiger partial charge < -0.3 is 10.0 Å². The van der Waals surface area contributed by atoms with E-state index in [-0.39, 0.29) is 12.1 Å². The number of hydrogen-bond donors (Lipinski definition) is 1. The number of rotatable bonds is 2. The molecule has 0 radical (unpaired) electrons. The molecule has 0 aromatic heterocycles. The fourth-order valence-electron chi connectivity index (χ4n) is 3.91. The molecule has 5 heteroatoms. The summed E-state index contributed by atoms with van der Waals surface area (Å²) in [6, 6.07) is 0.918. The summed E-state index contributed by atoms with van der Waals surface area (Å²) < 4.78 is 0. The maximum absolute atomic E-state index is 9.84. The normalized spacial score (nSPS) is 34.1. The molecular weight excluding hydrogens is 276 g/mol. The number of aliphatic imine (C=N–C) groups is 2. The molecule has 0 amide bonds. The second kappa shape index (κ2) is 7.09. The van der Waals surface area contributed by atoms with Crippen LogP contribution < -0.4 is 0 Å². The number of aliphatic hydroxyl groups is 1. The maximum atomic E-state index is 9.84. The summed E-state index contributed by atoms with van der Waals surface area (Å²) in [5.41, 5.74) is 0. The van der Waals surface area contributed by atoms with Crippen LogP contribution in [0.2, 0.25) is 0 Å². The van der Waals surface area contributed by atoms with E-state index in [1.54, 1.807) is 0 Å². The summed E-state index contributed by atoms with van der Waals surface area (Å²) in [6.45, 7) is 9.65. The van der Waals surface area contributed by atoms with Gasteiger partial charge in [-0.05, 0) is 39.0 Å². The van der Waals surface area contributed by atoms with Crippen molar-refractivity contribution in [2.24, 2.45) is 15.9 Å². The lowest BCUT2D eigenvalue weighted by Crippen LogP contribution is -2.51. The van der Waals surface area contributed by atoms with Crippen molar-refractivity contribution >= 4 is 12.1 Å². The lowest BCUT2D eigenvalue weighted by Gasteiger charge is -2.38. The fraction of sp³-hybridized carbons (Fsp3) is 0.882. The molecule has 3 unspecified atom stereocenters. The van der Waals surface area contributed by atoms with Gasteiger partial charge in [-0.15, -0.1) is 0 Å². The Labute approximate surface area is 134 Å². The van der Waals surface area contributed by atoms with Crippen LogP contribution in [0.1, 0.15) is 39.5 Å². The van der Waals surface area contributed by atoms with Crippen LogP contribution in [0.25, 0.3) is 0 Å². The Kier molecular flexibility index (Phi) is 5.14. The van der Waals surface area contributed by atoms with E-state index in [0.717, 1.165) is 57.8 Å². The van der Waals surface area contributed by atoms with E-state index in [2.05, 4.69) is 23.6 Å². The molecule has 2 fully saturated rings.